The Morgan fingerprint density at radius 3 is 2.77 bits per heavy atom. The third-order valence-electron chi connectivity index (χ3n) is 5.57. The predicted molar refractivity (Wildman–Crippen MR) is 112 cm³/mol. The molecule has 1 saturated heterocycles. The van der Waals surface area contributed by atoms with E-state index in [1.165, 1.54) is 6.33 Å². The zero-order chi connectivity index (χ0) is 20.7. The Labute approximate surface area is 173 Å². The first-order valence-corrected chi connectivity index (χ1v) is 9.95. The quantitative estimate of drug-likeness (QED) is 0.549. The lowest BCUT2D eigenvalue weighted by molar-refractivity contribution is -0.0107. The molecule has 1 atom stereocenters. The van der Waals surface area contributed by atoms with Crippen LogP contribution in [0.4, 0.5) is 0 Å². The van der Waals surface area contributed by atoms with Gasteiger partial charge in [0.15, 0.2) is 5.82 Å². The van der Waals surface area contributed by atoms with Crippen LogP contribution in [-0.4, -0.2) is 59.3 Å². The summed E-state index contributed by atoms with van der Waals surface area (Å²) >= 11 is 0. The lowest BCUT2D eigenvalue weighted by atomic mass is 9.95. The van der Waals surface area contributed by atoms with E-state index in [-0.39, 0.29) is 5.91 Å². The van der Waals surface area contributed by atoms with Crippen molar-refractivity contribution >= 4 is 16.9 Å². The summed E-state index contributed by atoms with van der Waals surface area (Å²) < 4.78 is 1.99. The number of nitrogens with zero attached hydrogens (tertiary/aromatic N) is 5. The maximum absolute atomic E-state index is 12.9. The maximum Gasteiger partial charge on any atom is 0.255 e. The molecule has 4 aromatic rings. The van der Waals surface area contributed by atoms with Gasteiger partial charge in [-0.15, -0.1) is 0 Å². The zero-order valence-electron chi connectivity index (χ0n) is 16.6. The highest BCUT2D eigenvalue weighted by Crippen LogP contribution is 2.25. The average Bonchev–Trinajstić information content (AvgIpc) is 3.42. The molecular weight excluding hydrogens is 380 g/mol. The van der Waals surface area contributed by atoms with Gasteiger partial charge in [-0.1, -0.05) is 0 Å². The van der Waals surface area contributed by atoms with Gasteiger partial charge in [-0.05, 0) is 56.2 Å². The Balaban J connectivity index is 1.42. The van der Waals surface area contributed by atoms with Crippen LogP contribution in [0.3, 0.4) is 0 Å². The molecule has 2 N–H and O–H groups in total. The normalized spacial score (nSPS) is 19.3. The fraction of sp³-hybridized carbons (Fsp3) is 0.273. The van der Waals surface area contributed by atoms with E-state index < -0.39 is 5.60 Å². The fourth-order valence-corrected chi connectivity index (χ4v) is 4.05. The van der Waals surface area contributed by atoms with E-state index in [9.17, 15) is 9.90 Å². The Kier molecular flexibility index (Phi) is 4.36. The summed E-state index contributed by atoms with van der Waals surface area (Å²) in [4.78, 5) is 23.4. The van der Waals surface area contributed by atoms with E-state index in [1.807, 2.05) is 47.2 Å². The summed E-state index contributed by atoms with van der Waals surface area (Å²) in [5, 5.41) is 17.9. The van der Waals surface area contributed by atoms with Gasteiger partial charge >= 0.3 is 0 Å². The number of β-amino-alcohol motifs (C(OH)–C–C–N with tert-alkyl or cyclic N) is 1. The van der Waals surface area contributed by atoms with Gasteiger partial charge in [0.1, 0.15) is 12.0 Å². The maximum atomic E-state index is 12.9. The summed E-state index contributed by atoms with van der Waals surface area (Å²) in [6.07, 6.45) is 6.56. The van der Waals surface area contributed by atoms with Crippen LogP contribution in [-0.2, 0) is 0 Å². The highest BCUT2D eigenvalue weighted by molar-refractivity contribution is 5.97. The monoisotopic (exact) mass is 402 g/mol. The third kappa shape index (κ3) is 3.35. The number of aromatic nitrogens is 5. The van der Waals surface area contributed by atoms with Crippen molar-refractivity contribution in [2.75, 3.05) is 13.1 Å². The van der Waals surface area contributed by atoms with E-state index in [0.29, 0.717) is 25.1 Å². The number of carbonyl (C=O) groups is 1. The van der Waals surface area contributed by atoms with Crippen LogP contribution in [0, 0.1) is 0 Å². The van der Waals surface area contributed by atoms with Crippen LogP contribution in [0.2, 0.25) is 0 Å². The summed E-state index contributed by atoms with van der Waals surface area (Å²) in [5.74, 6) is 0.630. The van der Waals surface area contributed by atoms with Crippen molar-refractivity contribution in [3.05, 3.63) is 60.7 Å². The van der Waals surface area contributed by atoms with E-state index in [0.717, 1.165) is 34.5 Å². The number of piperidine rings is 1. The summed E-state index contributed by atoms with van der Waals surface area (Å²) in [5.41, 5.74) is 2.41. The lowest BCUT2D eigenvalue weighted by Gasteiger charge is -2.36. The van der Waals surface area contributed by atoms with Gasteiger partial charge in [-0.25, -0.2) is 9.97 Å². The molecule has 0 spiro atoms. The molecule has 1 aromatic carbocycles. The van der Waals surface area contributed by atoms with Gasteiger partial charge in [-0.2, -0.15) is 5.10 Å². The predicted octanol–water partition coefficient (Wildman–Crippen LogP) is 2.80. The molecule has 8 heteroatoms. The van der Waals surface area contributed by atoms with Crippen LogP contribution in [0.15, 0.2) is 55.1 Å². The highest BCUT2D eigenvalue weighted by Gasteiger charge is 2.31. The summed E-state index contributed by atoms with van der Waals surface area (Å²) in [6, 6.07) is 11.8. The Morgan fingerprint density at radius 1 is 1.20 bits per heavy atom. The molecule has 0 aliphatic carbocycles. The minimum absolute atomic E-state index is 0.0893. The molecule has 5 rings (SSSR count). The number of H-pyrrole nitrogens is 1. The number of fused-ring (bicyclic) bond motifs is 1. The molecule has 1 amide bonds. The smallest absolute Gasteiger partial charge is 0.255 e. The molecule has 0 bridgehead atoms. The highest BCUT2D eigenvalue weighted by atomic mass is 16.3. The number of aliphatic hydroxyl groups is 1. The molecule has 8 nitrogen and oxygen atoms in total. The van der Waals surface area contributed by atoms with Crippen molar-refractivity contribution < 1.29 is 9.90 Å². The first-order valence-electron chi connectivity index (χ1n) is 9.95. The standard InChI is InChI=1S/C22H22N6O2/c1-22(30)8-2-9-27(13-22)21(29)17-11-16-7-10-28(20(16)23-12-17)18-5-3-15(4-6-18)19-24-14-25-26-19/h3-7,10-12,14,30H,2,8-9,13H2,1H3,(H,24,25,26)/t22-/m1/s1. The molecule has 152 valence electrons. The number of benzene rings is 1. The number of hydrogen-bond donors (Lipinski definition) is 2. The second kappa shape index (κ2) is 7.07. The van der Waals surface area contributed by atoms with E-state index in [2.05, 4.69) is 20.2 Å². The molecule has 4 heterocycles. The van der Waals surface area contributed by atoms with Crippen LogP contribution in [0.25, 0.3) is 28.1 Å². The molecule has 30 heavy (non-hydrogen) atoms. The van der Waals surface area contributed by atoms with Crippen molar-refractivity contribution in [1.82, 2.24) is 29.6 Å². The fourth-order valence-electron chi connectivity index (χ4n) is 4.05. The molecule has 0 unspecified atom stereocenters. The van der Waals surface area contributed by atoms with Crippen LogP contribution in [0.5, 0.6) is 0 Å². The second-order valence-corrected chi connectivity index (χ2v) is 8.03. The van der Waals surface area contributed by atoms with Gasteiger partial charge in [-0.3, -0.25) is 9.89 Å². The summed E-state index contributed by atoms with van der Waals surface area (Å²) in [6.45, 7) is 2.79. The second-order valence-electron chi connectivity index (χ2n) is 8.03. The zero-order valence-corrected chi connectivity index (χ0v) is 16.6. The number of pyridine rings is 1. The minimum Gasteiger partial charge on any atom is -0.388 e. The molecule has 1 aliphatic heterocycles. The van der Waals surface area contributed by atoms with Crippen molar-refractivity contribution in [2.45, 2.75) is 25.4 Å². The molecule has 1 aliphatic rings. The Hall–Kier alpha value is -3.52. The largest absolute Gasteiger partial charge is 0.388 e. The molecular formula is C22H22N6O2. The average molecular weight is 402 g/mol. The van der Waals surface area contributed by atoms with Gasteiger partial charge in [0, 0.05) is 42.1 Å². The van der Waals surface area contributed by atoms with Crippen molar-refractivity contribution in [1.29, 1.82) is 0 Å². The topological polar surface area (TPSA) is 99.9 Å². The number of likely N-dealkylation sites (tertiary alicyclic amines) is 1. The van der Waals surface area contributed by atoms with Crippen molar-refractivity contribution in [2.24, 2.45) is 0 Å². The van der Waals surface area contributed by atoms with Crippen LogP contribution >= 0.6 is 0 Å². The van der Waals surface area contributed by atoms with Crippen molar-refractivity contribution in [3.63, 3.8) is 0 Å². The lowest BCUT2D eigenvalue weighted by Crippen LogP contribution is -2.48. The van der Waals surface area contributed by atoms with Crippen LogP contribution in [0.1, 0.15) is 30.1 Å². The number of nitrogens with one attached hydrogen (secondary N) is 1. The molecule has 0 saturated carbocycles. The van der Waals surface area contributed by atoms with E-state index in [1.54, 1.807) is 18.0 Å². The van der Waals surface area contributed by atoms with Gasteiger partial charge in [0.25, 0.3) is 5.91 Å². The summed E-state index contributed by atoms with van der Waals surface area (Å²) in [7, 11) is 0. The first-order chi connectivity index (χ1) is 14.5. The third-order valence-corrected chi connectivity index (χ3v) is 5.57. The molecule has 3 aromatic heterocycles. The van der Waals surface area contributed by atoms with E-state index in [4.69, 9.17) is 0 Å². The number of carbonyl (C=O) groups excluding carboxylic acids is 1. The number of hydrogen-bond acceptors (Lipinski definition) is 5. The molecule has 1 fully saturated rings. The van der Waals surface area contributed by atoms with Crippen molar-refractivity contribution in [3.8, 4) is 17.1 Å². The minimum atomic E-state index is -0.827. The number of rotatable bonds is 3. The Morgan fingerprint density at radius 2 is 2.03 bits per heavy atom. The van der Waals surface area contributed by atoms with Gasteiger partial charge in [0.2, 0.25) is 0 Å². The number of aromatic amines is 1. The Bertz CT molecular complexity index is 1190. The van der Waals surface area contributed by atoms with Gasteiger partial charge in [0.05, 0.1) is 11.2 Å². The first kappa shape index (κ1) is 18.5. The molecule has 0 radical (unpaired) electrons. The SMILES string of the molecule is C[C@@]1(O)CCCN(C(=O)c2cnc3c(ccn3-c3ccc(-c4ncn[nH]4)cc3)c2)C1. The van der Waals surface area contributed by atoms with Crippen LogP contribution < -0.4 is 0 Å². The number of amides is 1. The van der Waals surface area contributed by atoms with Gasteiger partial charge < -0.3 is 14.6 Å². The van der Waals surface area contributed by atoms with E-state index >= 15 is 0 Å².